The van der Waals surface area contributed by atoms with Gasteiger partial charge in [-0.15, -0.1) is 0 Å². The Bertz CT molecular complexity index is 1150. The second-order valence-corrected chi connectivity index (χ2v) is 6.65. The van der Waals surface area contributed by atoms with Gasteiger partial charge in [0.25, 0.3) is 5.91 Å². The van der Waals surface area contributed by atoms with Crippen LogP contribution in [0.15, 0.2) is 91.4 Å². The Morgan fingerprint density at radius 2 is 1.91 bits per heavy atom. The van der Waals surface area contributed by atoms with Gasteiger partial charge >= 0.3 is 6.18 Å². The van der Waals surface area contributed by atoms with E-state index in [-0.39, 0.29) is 23.6 Å². The van der Waals surface area contributed by atoms with Gasteiger partial charge in [0.1, 0.15) is 5.69 Å². The zero-order chi connectivity index (χ0) is 23.1. The molecule has 0 fully saturated rings. The quantitative estimate of drug-likeness (QED) is 0.428. The molecule has 0 unspecified atom stereocenters. The normalized spacial score (nSPS) is 12.5. The molecule has 3 N–H and O–H groups in total. The summed E-state index contributed by atoms with van der Waals surface area (Å²) in [6.07, 6.45) is 1.91. The molecular weight excluding hydrogens is 419 g/mol. The van der Waals surface area contributed by atoms with Crippen molar-refractivity contribution in [3.8, 4) is 11.3 Å². The molecule has 0 aliphatic rings. The zero-order valence-corrected chi connectivity index (χ0v) is 16.9. The average Bonchev–Trinajstić information content (AvgIpc) is 3.25. The van der Waals surface area contributed by atoms with E-state index in [4.69, 9.17) is 5.73 Å². The fraction of sp³-hybridized carbons (Fsp3) is 0.0870. The van der Waals surface area contributed by atoms with Gasteiger partial charge in [0, 0.05) is 24.5 Å². The van der Waals surface area contributed by atoms with Crippen LogP contribution in [0.4, 0.5) is 13.2 Å². The molecule has 3 aromatic rings. The van der Waals surface area contributed by atoms with E-state index < -0.39 is 17.8 Å². The lowest BCUT2D eigenvalue weighted by Gasteiger charge is -2.10. The van der Waals surface area contributed by atoms with E-state index in [0.717, 1.165) is 11.6 Å². The molecule has 2 heterocycles. The van der Waals surface area contributed by atoms with Gasteiger partial charge in [-0.1, -0.05) is 36.9 Å². The molecule has 0 atom stereocenters. The van der Waals surface area contributed by atoms with Crippen molar-refractivity contribution >= 4 is 11.6 Å². The maximum absolute atomic E-state index is 13.6. The highest BCUT2D eigenvalue weighted by Crippen LogP contribution is 2.34. The summed E-state index contributed by atoms with van der Waals surface area (Å²) in [5.41, 5.74) is 6.01. The Morgan fingerprint density at radius 1 is 1.16 bits per heavy atom. The molecule has 1 amide bonds. The van der Waals surface area contributed by atoms with Crippen molar-refractivity contribution in [2.75, 3.05) is 0 Å². The van der Waals surface area contributed by atoms with Gasteiger partial charge in [-0.25, -0.2) is 4.68 Å². The molecule has 0 saturated heterocycles. The van der Waals surface area contributed by atoms with Crippen LogP contribution in [-0.2, 0) is 17.5 Å². The van der Waals surface area contributed by atoms with E-state index in [1.807, 2.05) is 30.3 Å². The monoisotopic (exact) mass is 439 g/mol. The fourth-order valence-electron chi connectivity index (χ4n) is 2.79. The number of pyridine rings is 1. The molecule has 1 aromatic carbocycles. The smallest absolute Gasteiger partial charge is 0.394 e. The lowest BCUT2D eigenvalue weighted by atomic mass is 10.2. The molecule has 3 rings (SSSR count). The molecule has 9 heteroatoms. The number of benzene rings is 1. The number of halogens is 3. The summed E-state index contributed by atoms with van der Waals surface area (Å²) in [6, 6.07) is 13.3. The third-order valence-corrected chi connectivity index (χ3v) is 4.40. The minimum Gasteiger partial charge on any atom is -0.394 e. The number of carbonyl (C=O) groups excluding carboxylic acids is 1. The first-order chi connectivity index (χ1) is 15.3. The molecule has 164 valence electrons. The molecule has 0 spiro atoms. The topological polar surface area (TPSA) is 85.8 Å². The van der Waals surface area contributed by atoms with E-state index in [1.165, 1.54) is 30.6 Å². The van der Waals surface area contributed by atoms with Gasteiger partial charge in [-0.2, -0.15) is 18.3 Å². The Kier molecular flexibility index (Phi) is 6.89. The second kappa shape index (κ2) is 9.78. The SMILES string of the molecule is C=C/C(=C\C=C(/N)C(=O)NCc1ccccc1)n1nc(-c2cccnc2)cc1C(F)(F)F. The predicted molar refractivity (Wildman–Crippen MR) is 115 cm³/mol. The van der Waals surface area contributed by atoms with Crippen LogP contribution in [0.25, 0.3) is 17.0 Å². The van der Waals surface area contributed by atoms with Gasteiger partial charge in [0.15, 0.2) is 0 Å². The van der Waals surface area contributed by atoms with E-state index in [2.05, 4.69) is 22.0 Å². The first-order valence-electron chi connectivity index (χ1n) is 9.49. The number of nitrogens with two attached hydrogens (primary N) is 1. The summed E-state index contributed by atoms with van der Waals surface area (Å²) in [5.74, 6) is -0.555. The number of nitrogens with one attached hydrogen (secondary N) is 1. The standard InChI is InChI=1S/C23H20F3N5O/c1-2-18(10-11-19(27)22(32)29-14-16-7-4-3-5-8-16)31-21(23(24,25)26)13-20(30-31)17-9-6-12-28-15-17/h2-13,15H,1,14,27H2,(H,29,32)/b18-10+,19-11-. The summed E-state index contributed by atoms with van der Waals surface area (Å²) in [7, 11) is 0. The van der Waals surface area contributed by atoms with Gasteiger partial charge < -0.3 is 11.1 Å². The first-order valence-corrected chi connectivity index (χ1v) is 9.49. The van der Waals surface area contributed by atoms with Gasteiger partial charge in [-0.05, 0) is 42.0 Å². The minimum atomic E-state index is -4.67. The van der Waals surface area contributed by atoms with E-state index >= 15 is 0 Å². The lowest BCUT2D eigenvalue weighted by molar-refractivity contribution is -0.142. The summed E-state index contributed by atoms with van der Waals surface area (Å²) < 4.78 is 41.6. The molecule has 0 bridgehead atoms. The van der Waals surface area contributed by atoms with Crippen LogP contribution in [0.2, 0.25) is 0 Å². The van der Waals surface area contributed by atoms with Crippen molar-refractivity contribution < 1.29 is 18.0 Å². The first kappa shape index (κ1) is 22.5. The highest BCUT2D eigenvalue weighted by atomic mass is 19.4. The molecular formula is C23H20F3N5O. The van der Waals surface area contributed by atoms with Crippen LogP contribution in [0.1, 0.15) is 11.3 Å². The average molecular weight is 439 g/mol. The van der Waals surface area contributed by atoms with Crippen molar-refractivity contribution in [2.45, 2.75) is 12.7 Å². The van der Waals surface area contributed by atoms with E-state index in [9.17, 15) is 18.0 Å². The van der Waals surface area contributed by atoms with Gasteiger partial charge in [0.05, 0.1) is 17.1 Å². The highest BCUT2D eigenvalue weighted by Gasteiger charge is 2.36. The summed E-state index contributed by atoms with van der Waals surface area (Å²) >= 11 is 0. The predicted octanol–water partition coefficient (Wildman–Crippen LogP) is 4.15. The van der Waals surface area contributed by atoms with Crippen molar-refractivity contribution in [3.05, 3.63) is 103 Å². The maximum atomic E-state index is 13.6. The number of hydrogen-bond acceptors (Lipinski definition) is 4. The number of amides is 1. The lowest BCUT2D eigenvalue weighted by Crippen LogP contribution is -2.28. The molecule has 0 saturated carbocycles. The highest BCUT2D eigenvalue weighted by molar-refractivity contribution is 5.92. The third kappa shape index (κ3) is 5.51. The largest absolute Gasteiger partial charge is 0.433 e. The number of rotatable bonds is 7. The van der Waals surface area contributed by atoms with Gasteiger partial charge in [0.2, 0.25) is 0 Å². The molecule has 2 aromatic heterocycles. The van der Waals surface area contributed by atoms with Crippen molar-refractivity contribution in [3.63, 3.8) is 0 Å². The van der Waals surface area contributed by atoms with Crippen LogP contribution < -0.4 is 11.1 Å². The van der Waals surface area contributed by atoms with Crippen LogP contribution in [-0.4, -0.2) is 20.7 Å². The molecule has 0 aliphatic heterocycles. The fourth-order valence-corrected chi connectivity index (χ4v) is 2.79. The van der Waals surface area contributed by atoms with E-state index in [0.29, 0.717) is 10.2 Å². The summed E-state index contributed by atoms with van der Waals surface area (Å²) in [6.45, 7) is 3.82. The van der Waals surface area contributed by atoms with Crippen molar-refractivity contribution in [1.29, 1.82) is 0 Å². The maximum Gasteiger partial charge on any atom is 0.433 e. The Balaban J connectivity index is 1.87. The Labute approximate surface area is 182 Å². The number of aromatic nitrogens is 3. The number of carbonyl (C=O) groups is 1. The Hall–Kier alpha value is -4.14. The Morgan fingerprint density at radius 3 is 2.53 bits per heavy atom. The number of allylic oxidation sites excluding steroid dienone is 4. The van der Waals surface area contributed by atoms with Crippen molar-refractivity contribution in [1.82, 2.24) is 20.1 Å². The van der Waals surface area contributed by atoms with Crippen molar-refractivity contribution in [2.24, 2.45) is 5.73 Å². The molecule has 6 nitrogen and oxygen atoms in total. The number of alkyl halides is 3. The van der Waals surface area contributed by atoms with Gasteiger partial charge in [-0.3, -0.25) is 9.78 Å². The third-order valence-electron chi connectivity index (χ3n) is 4.40. The zero-order valence-electron chi connectivity index (χ0n) is 16.9. The minimum absolute atomic E-state index is 0.00808. The van der Waals surface area contributed by atoms with Crippen LogP contribution in [0.5, 0.6) is 0 Å². The molecule has 32 heavy (non-hydrogen) atoms. The van der Waals surface area contributed by atoms with Crippen LogP contribution in [0.3, 0.4) is 0 Å². The second-order valence-electron chi connectivity index (χ2n) is 6.65. The number of hydrogen-bond donors (Lipinski definition) is 2. The summed E-state index contributed by atoms with van der Waals surface area (Å²) in [4.78, 5) is 16.1. The molecule has 0 radical (unpaired) electrons. The number of nitrogens with zero attached hydrogens (tertiary/aromatic N) is 3. The van der Waals surface area contributed by atoms with Crippen LogP contribution >= 0.6 is 0 Å². The van der Waals surface area contributed by atoms with Crippen LogP contribution in [0, 0.1) is 0 Å². The van der Waals surface area contributed by atoms with E-state index in [1.54, 1.807) is 12.1 Å². The summed E-state index contributed by atoms with van der Waals surface area (Å²) in [5, 5.41) is 6.71. The molecule has 0 aliphatic carbocycles.